The molecule has 2 aromatic rings. The van der Waals surface area contributed by atoms with Gasteiger partial charge in [-0.1, -0.05) is 33.8 Å². The van der Waals surface area contributed by atoms with Gasteiger partial charge in [-0.05, 0) is 59.4 Å². The summed E-state index contributed by atoms with van der Waals surface area (Å²) in [4.78, 5) is 10.8. The van der Waals surface area contributed by atoms with Crippen molar-refractivity contribution in [2.24, 2.45) is 10.2 Å². The third-order valence-electron chi connectivity index (χ3n) is 3.71. The molecule has 4 heteroatoms. The molecule has 0 amide bonds. The normalized spacial score (nSPS) is 11.6. The summed E-state index contributed by atoms with van der Waals surface area (Å²) in [7, 11) is 0. The molecule has 1 N–H and O–H groups in total. The lowest BCUT2D eigenvalue weighted by molar-refractivity contribution is 0.0697. The molecule has 23 heavy (non-hydrogen) atoms. The van der Waals surface area contributed by atoms with Gasteiger partial charge in [-0.25, -0.2) is 4.79 Å². The van der Waals surface area contributed by atoms with Gasteiger partial charge in [0, 0.05) is 0 Å². The first-order chi connectivity index (χ1) is 10.9. The number of carboxylic acid groups (broad SMARTS) is 1. The van der Waals surface area contributed by atoms with E-state index in [4.69, 9.17) is 5.11 Å². The van der Waals surface area contributed by atoms with E-state index < -0.39 is 5.97 Å². The van der Waals surface area contributed by atoms with Crippen LogP contribution in [-0.2, 0) is 0 Å². The van der Waals surface area contributed by atoms with E-state index in [0.29, 0.717) is 17.5 Å². The molecule has 0 saturated heterocycles. The molecule has 0 bridgehead atoms. The smallest absolute Gasteiger partial charge is 0.335 e. The zero-order valence-corrected chi connectivity index (χ0v) is 13.9. The van der Waals surface area contributed by atoms with Gasteiger partial charge in [-0.2, -0.15) is 10.2 Å². The summed E-state index contributed by atoms with van der Waals surface area (Å²) < 4.78 is 0. The molecule has 2 rings (SSSR count). The maximum Gasteiger partial charge on any atom is 0.335 e. The molecule has 0 radical (unpaired) electrons. The van der Waals surface area contributed by atoms with E-state index in [1.165, 1.54) is 23.3 Å². The summed E-state index contributed by atoms with van der Waals surface area (Å²) in [5.74, 6) is -0.0429. The van der Waals surface area contributed by atoms with Crippen molar-refractivity contribution in [2.45, 2.75) is 39.5 Å². The Hall–Kier alpha value is -2.49. The number of carbonyl (C=O) groups is 1. The van der Waals surface area contributed by atoms with Gasteiger partial charge in [0.2, 0.25) is 0 Å². The highest BCUT2D eigenvalue weighted by atomic mass is 16.4. The van der Waals surface area contributed by atoms with Crippen molar-refractivity contribution >= 4 is 17.3 Å². The summed E-state index contributed by atoms with van der Waals surface area (Å²) in [5, 5.41) is 17.3. The predicted molar refractivity (Wildman–Crippen MR) is 92.2 cm³/mol. The van der Waals surface area contributed by atoms with Crippen molar-refractivity contribution in [3.8, 4) is 0 Å². The van der Waals surface area contributed by atoms with Crippen LogP contribution in [-0.4, -0.2) is 11.1 Å². The van der Waals surface area contributed by atoms with Crippen LogP contribution in [0.5, 0.6) is 0 Å². The molecule has 2 aromatic carbocycles. The van der Waals surface area contributed by atoms with Gasteiger partial charge in [0.1, 0.15) is 0 Å². The van der Waals surface area contributed by atoms with Crippen LogP contribution in [0, 0.1) is 0 Å². The lowest BCUT2D eigenvalue weighted by Crippen LogP contribution is -1.97. The van der Waals surface area contributed by atoms with Crippen LogP contribution in [0.25, 0.3) is 0 Å². The number of benzene rings is 2. The van der Waals surface area contributed by atoms with Gasteiger partial charge in [0.15, 0.2) is 0 Å². The van der Waals surface area contributed by atoms with Crippen molar-refractivity contribution in [1.29, 1.82) is 0 Å². The molecule has 0 heterocycles. The number of aromatic carboxylic acids is 1. The molecular formula is C19H22N2O2. The summed E-state index contributed by atoms with van der Waals surface area (Å²) in [5.41, 5.74) is 4.31. The summed E-state index contributed by atoms with van der Waals surface area (Å²) in [6, 6.07) is 12.5. The minimum Gasteiger partial charge on any atom is -0.478 e. The largest absolute Gasteiger partial charge is 0.478 e. The number of hydrogen-bond acceptors (Lipinski definition) is 3. The highest BCUT2D eigenvalue weighted by Gasteiger charge is 2.10. The Morgan fingerprint density at radius 3 is 1.87 bits per heavy atom. The highest BCUT2D eigenvalue weighted by molar-refractivity contribution is 5.87. The SMILES string of the molecule is CC(C)c1ccc(/N=N/c2ccc(C(=O)O)cc2)cc1C(C)C. The Morgan fingerprint density at radius 2 is 1.35 bits per heavy atom. The quantitative estimate of drug-likeness (QED) is 0.683. The predicted octanol–water partition coefficient (Wildman–Crippen LogP) is 6.05. The van der Waals surface area contributed by atoms with Crippen molar-refractivity contribution in [3.63, 3.8) is 0 Å². The van der Waals surface area contributed by atoms with Crippen LogP contribution in [0.4, 0.5) is 11.4 Å². The van der Waals surface area contributed by atoms with Gasteiger partial charge < -0.3 is 5.11 Å². The van der Waals surface area contributed by atoms with Crippen molar-refractivity contribution in [1.82, 2.24) is 0 Å². The van der Waals surface area contributed by atoms with Gasteiger partial charge >= 0.3 is 5.97 Å². The first kappa shape index (κ1) is 16.9. The number of azo groups is 1. The third kappa shape index (κ3) is 4.25. The van der Waals surface area contributed by atoms with Crippen molar-refractivity contribution in [3.05, 3.63) is 59.2 Å². The minimum atomic E-state index is -0.945. The molecule has 0 fully saturated rings. The van der Waals surface area contributed by atoms with E-state index in [1.54, 1.807) is 12.1 Å². The van der Waals surface area contributed by atoms with E-state index in [-0.39, 0.29) is 5.56 Å². The maximum absolute atomic E-state index is 10.8. The van der Waals surface area contributed by atoms with Crippen molar-refractivity contribution in [2.75, 3.05) is 0 Å². The molecule has 0 saturated carbocycles. The van der Waals surface area contributed by atoms with E-state index in [0.717, 1.165) is 5.69 Å². The molecule has 0 atom stereocenters. The molecule has 4 nitrogen and oxygen atoms in total. The Balaban J connectivity index is 2.25. The maximum atomic E-state index is 10.8. The van der Waals surface area contributed by atoms with E-state index >= 15 is 0 Å². The minimum absolute atomic E-state index is 0.243. The monoisotopic (exact) mass is 310 g/mol. The van der Waals surface area contributed by atoms with Crippen LogP contribution >= 0.6 is 0 Å². The van der Waals surface area contributed by atoms with Crippen LogP contribution in [0.3, 0.4) is 0 Å². The molecule has 120 valence electrons. The Morgan fingerprint density at radius 1 is 0.826 bits per heavy atom. The van der Waals surface area contributed by atoms with Gasteiger partial charge in [0.25, 0.3) is 0 Å². The molecule has 0 unspecified atom stereocenters. The number of nitrogens with zero attached hydrogens (tertiary/aromatic N) is 2. The Bertz CT molecular complexity index is 717. The van der Waals surface area contributed by atoms with Gasteiger partial charge in [-0.3, -0.25) is 0 Å². The second-order valence-electron chi connectivity index (χ2n) is 6.17. The highest BCUT2D eigenvalue weighted by Crippen LogP contribution is 2.30. The zero-order valence-electron chi connectivity index (χ0n) is 13.9. The van der Waals surface area contributed by atoms with Crippen LogP contribution in [0.2, 0.25) is 0 Å². The second-order valence-corrected chi connectivity index (χ2v) is 6.17. The van der Waals surface area contributed by atoms with Gasteiger partial charge in [-0.15, -0.1) is 0 Å². The molecule has 0 aliphatic heterocycles. The third-order valence-corrected chi connectivity index (χ3v) is 3.71. The van der Waals surface area contributed by atoms with E-state index in [1.807, 2.05) is 6.07 Å². The fourth-order valence-corrected chi connectivity index (χ4v) is 2.44. The van der Waals surface area contributed by atoms with Crippen LogP contribution < -0.4 is 0 Å². The average molecular weight is 310 g/mol. The first-order valence-electron chi connectivity index (χ1n) is 7.77. The topological polar surface area (TPSA) is 62.0 Å². The first-order valence-corrected chi connectivity index (χ1v) is 7.77. The fourth-order valence-electron chi connectivity index (χ4n) is 2.44. The average Bonchev–Trinajstić information content (AvgIpc) is 2.52. The lowest BCUT2D eigenvalue weighted by atomic mass is 9.90. The molecular weight excluding hydrogens is 288 g/mol. The summed E-state index contributed by atoms with van der Waals surface area (Å²) >= 11 is 0. The van der Waals surface area contributed by atoms with Crippen LogP contribution in [0.1, 0.15) is 61.0 Å². The number of hydrogen-bond donors (Lipinski definition) is 1. The number of carboxylic acids is 1. The molecule has 0 aromatic heterocycles. The van der Waals surface area contributed by atoms with Crippen molar-refractivity contribution < 1.29 is 9.90 Å². The number of rotatable bonds is 5. The lowest BCUT2D eigenvalue weighted by Gasteiger charge is -2.16. The van der Waals surface area contributed by atoms with E-state index in [9.17, 15) is 4.79 Å². The van der Waals surface area contributed by atoms with E-state index in [2.05, 4.69) is 50.1 Å². The summed E-state index contributed by atoms with van der Waals surface area (Å²) in [6.45, 7) is 8.72. The molecule has 0 aliphatic carbocycles. The molecule has 0 spiro atoms. The standard InChI is InChI=1S/C19H22N2O2/c1-12(2)17-10-9-16(11-18(17)13(3)4)21-20-15-7-5-14(6-8-15)19(22)23/h5-13H,1-4H3,(H,22,23)/b21-20+. The second kappa shape index (κ2) is 7.18. The van der Waals surface area contributed by atoms with Crippen LogP contribution in [0.15, 0.2) is 52.7 Å². The van der Waals surface area contributed by atoms with Gasteiger partial charge in [0.05, 0.1) is 16.9 Å². The Labute approximate surface area is 136 Å². The molecule has 0 aliphatic rings. The summed E-state index contributed by atoms with van der Waals surface area (Å²) in [6.07, 6.45) is 0. The Kier molecular flexibility index (Phi) is 5.27. The zero-order chi connectivity index (χ0) is 17.0. The fraction of sp³-hybridized carbons (Fsp3) is 0.316.